The largest absolute Gasteiger partial charge is 0.282 e. The van der Waals surface area contributed by atoms with E-state index in [1.165, 1.54) is 17.0 Å². The van der Waals surface area contributed by atoms with E-state index in [4.69, 9.17) is 0 Å². The van der Waals surface area contributed by atoms with Crippen molar-refractivity contribution in [3.63, 3.8) is 0 Å². The number of benzene rings is 2. The standard InChI is InChI=1S/C16H11BrFN3O/c1-10-20-15-5-3-2-4-12(15)16(22)21(10)19-9-11-6-7-14(18)13(17)8-11/h2-9H,1H3/b19-9-. The van der Waals surface area contributed by atoms with E-state index in [-0.39, 0.29) is 11.4 Å². The molecule has 0 unspecified atom stereocenters. The molecule has 1 heterocycles. The van der Waals surface area contributed by atoms with Crippen LogP contribution >= 0.6 is 15.9 Å². The number of rotatable bonds is 2. The number of hydrogen-bond donors (Lipinski definition) is 0. The molecule has 110 valence electrons. The minimum atomic E-state index is -0.349. The average molecular weight is 360 g/mol. The molecule has 22 heavy (non-hydrogen) atoms. The quantitative estimate of drug-likeness (QED) is 0.657. The average Bonchev–Trinajstić information content (AvgIpc) is 2.50. The molecule has 0 N–H and O–H groups in total. The van der Waals surface area contributed by atoms with Crippen molar-refractivity contribution in [1.29, 1.82) is 0 Å². The molecule has 0 bridgehead atoms. The highest BCUT2D eigenvalue weighted by Gasteiger charge is 2.06. The minimum absolute atomic E-state index is 0.236. The second kappa shape index (κ2) is 5.81. The molecule has 4 nitrogen and oxygen atoms in total. The number of aromatic nitrogens is 2. The summed E-state index contributed by atoms with van der Waals surface area (Å²) in [6.07, 6.45) is 1.50. The fourth-order valence-electron chi connectivity index (χ4n) is 2.09. The summed E-state index contributed by atoms with van der Waals surface area (Å²) in [6.45, 7) is 1.71. The van der Waals surface area contributed by atoms with E-state index < -0.39 is 0 Å². The van der Waals surface area contributed by atoms with Crippen LogP contribution in [0.15, 0.2) is 56.8 Å². The van der Waals surface area contributed by atoms with Crippen LogP contribution in [0, 0.1) is 12.7 Å². The molecule has 0 fully saturated rings. The maximum atomic E-state index is 13.2. The van der Waals surface area contributed by atoms with Crippen LogP contribution in [0.25, 0.3) is 10.9 Å². The molecule has 0 saturated heterocycles. The summed E-state index contributed by atoms with van der Waals surface area (Å²) in [7, 11) is 0. The monoisotopic (exact) mass is 359 g/mol. The van der Waals surface area contributed by atoms with Crippen molar-refractivity contribution in [2.24, 2.45) is 5.10 Å². The van der Waals surface area contributed by atoms with Gasteiger partial charge in [0.25, 0.3) is 5.56 Å². The number of para-hydroxylation sites is 1. The zero-order valence-corrected chi connectivity index (χ0v) is 13.2. The van der Waals surface area contributed by atoms with Gasteiger partial charge in [0.15, 0.2) is 0 Å². The number of aryl methyl sites for hydroxylation is 1. The van der Waals surface area contributed by atoms with Crippen LogP contribution in [0.4, 0.5) is 4.39 Å². The molecule has 0 aliphatic rings. The molecule has 3 aromatic rings. The third-order valence-electron chi connectivity index (χ3n) is 3.18. The Morgan fingerprint density at radius 3 is 2.82 bits per heavy atom. The second-order valence-corrected chi connectivity index (χ2v) is 5.57. The predicted molar refractivity (Wildman–Crippen MR) is 87.8 cm³/mol. The van der Waals surface area contributed by atoms with Gasteiger partial charge in [-0.3, -0.25) is 4.79 Å². The van der Waals surface area contributed by atoms with Crippen LogP contribution in [-0.4, -0.2) is 15.9 Å². The topological polar surface area (TPSA) is 47.2 Å². The van der Waals surface area contributed by atoms with Gasteiger partial charge in [-0.05, 0) is 52.7 Å². The molecule has 6 heteroatoms. The molecule has 0 aliphatic heterocycles. The number of halogens is 2. The van der Waals surface area contributed by atoms with Crippen LogP contribution in [0.1, 0.15) is 11.4 Å². The lowest BCUT2D eigenvalue weighted by molar-refractivity contribution is 0.621. The molecule has 2 aromatic carbocycles. The van der Waals surface area contributed by atoms with Gasteiger partial charge in [-0.1, -0.05) is 18.2 Å². The van der Waals surface area contributed by atoms with Crippen molar-refractivity contribution in [3.8, 4) is 0 Å². The van der Waals surface area contributed by atoms with E-state index in [9.17, 15) is 9.18 Å². The summed E-state index contributed by atoms with van der Waals surface area (Å²) in [5.74, 6) is 0.138. The second-order valence-electron chi connectivity index (χ2n) is 4.71. The van der Waals surface area contributed by atoms with Gasteiger partial charge in [0.2, 0.25) is 0 Å². The maximum Gasteiger partial charge on any atom is 0.282 e. The summed E-state index contributed by atoms with van der Waals surface area (Å²) < 4.78 is 14.8. The lowest BCUT2D eigenvalue weighted by atomic mass is 10.2. The summed E-state index contributed by atoms with van der Waals surface area (Å²) >= 11 is 3.12. The van der Waals surface area contributed by atoms with Crippen molar-refractivity contribution in [2.45, 2.75) is 6.92 Å². The molecule has 0 radical (unpaired) electrons. The Morgan fingerprint density at radius 2 is 2.05 bits per heavy atom. The predicted octanol–water partition coefficient (Wildman–Crippen LogP) is 3.49. The maximum absolute atomic E-state index is 13.2. The molecule has 0 spiro atoms. The van der Waals surface area contributed by atoms with Gasteiger partial charge in [0, 0.05) is 0 Å². The molecule has 0 saturated carbocycles. The highest BCUT2D eigenvalue weighted by molar-refractivity contribution is 9.10. The van der Waals surface area contributed by atoms with Crippen molar-refractivity contribution < 1.29 is 4.39 Å². The molecule has 1 aromatic heterocycles. The summed E-state index contributed by atoms with van der Waals surface area (Å²) in [6, 6.07) is 11.6. The first-order valence-corrected chi connectivity index (χ1v) is 7.33. The van der Waals surface area contributed by atoms with Crippen molar-refractivity contribution in [3.05, 3.63) is 74.5 Å². The van der Waals surface area contributed by atoms with Crippen molar-refractivity contribution in [1.82, 2.24) is 9.66 Å². The third-order valence-corrected chi connectivity index (χ3v) is 3.79. The zero-order valence-electron chi connectivity index (χ0n) is 11.6. The first kappa shape index (κ1) is 14.6. The molecule has 0 atom stereocenters. The Bertz CT molecular complexity index is 950. The Labute approximate surface area is 134 Å². The van der Waals surface area contributed by atoms with Gasteiger partial charge in [0.1, 0.15) is 11.6 Å². The number of hydrogen-bond acceptors (Lipinski definition) is 3. The van der Waals surface area contributed by atoms with Gasteiger partial charge in [-0.25, -0.2) is 9.37 Å². The summed E-state index contributed by atoms with van der Waals surface area (Å²) in [4.78, 5) is 16.8. The van der Waals surface area contributed by atoms with Gasteiger partial charge < -0.3 is 0 Å². The molecule has 3 rings (SSSR count). The lowest BCUT2D eigenvalue weighted by Crippen LogP contribution is -2.20. The first-order chi connectivity index (χ1) is 10.6. The van der Waals surface area contributed by atoms with Gasteiger partial charge >= 0.3 is 0 Å². The highest BCUT2D eigenvalue weighted by Crippen LogP contribution is 2.15. The normalized spacial score (nSPS) is 11.4. The van der Waals surface area contributed by atoms with Crippen LogP contribution < -0.4 is 5.56 Å². The molecule has 0 amide bonds. The van der Waals surface area contributed by atoms with Crippen LogP contribution in [-0.2, 0) is 0 Å². The molecular weight excluding hydrogens is 349 g/mol. The number of fused-ring (bicyclic) bond motifs is 1. The van der Waals surface area contributed by atoms with E-state index in [1.54, 1.807) is 37.3 Å². The lowest BCUT2D eigenvalue weighted by Gasteiger charge is -2.05. The van der Waals surface area contributed by atoms with E-state index in [0.717, 1.165) is 0 Å². The summed E-state index contributed by atoms with van der Waals surface area (Å²) in [5.41, 5.74) is 1.08. The van der Waals surface area contributed by atoms with E-state index >= 15 is 0 Å². The van der Waals surface area contributed by atoms with Crippen LogP contribution in [0.3, 0.4) is 0 Å². The van der Waals surface area contributed by atoms with Gasteiger partial charge in [0.05, 0.1) is 21.6 Å². The van der Waals surface area contributed by atoms with E-state index in [2.05, 4.69) is 26.0 Å². The third kappa shape index (κ3) is 2.69. The molecular formula is C16H11BrFN3O. The highest BCUT2D eigenvalue weighted by atomic mass is 79.9. The fourth-order valence-corrected chi connectivity index (χ4v) is 2.48. The molecule has 0 aliphatic carbocycles. The van der Waals surface area contributed by atoms with E-state index in [1.807, 2.05) is 6.07 Å². The Hall–Kier alpha value is -2.34. The minimum Gasteiger partial charge on any atom is -0.267 e. The van der Waals surface area contributed by atoms with Crippen LogP contribution in [0.2, 0.25) is 0 Å². The smallest absolute Gasteiger partial charge is 0.267 e. The Balaban J connectivity index is 2.08. The number of nitrogens with zero attached hydrogens (tertiary/aromatic N) is 3. The SMILES string of the molecule is Cc1nc2ccccc2c(=O)n1/N=C\c1ccc(F)c(Br)c1. The Kier molecular flexibility index (Phi) is 3.85. The van der Waals surface area contributed by atoms with Gasteiger partial charge in [-0.2, -0.15) is 9.78 Å². The Morgan fingerprint density at radius 1 is 1.27 bits per heavy atom. The zero-order chi connectivity index (χ0) is 15.7. The van der Waals surface area contributed by atoms with Crippen molar-refractivity contribution in [2.75, 3.05) is 0 Å². The van der Waals surface area contributed by atoms with Crippen molar-refractivity contribution >= 4 is 33.0 Å². The van der Waals surface area contributed by atoms with Gasteiger partial charge in [-0.15, -0.1) is 0 Å². The fraction of sp³-hybridized carbons (Fsp3) is 0.0625. The first-order valence-electron chi connectivity index (χ1n) is 6.54. The van der Waals surface area contributed by atoms with Crippen LogP contribution in [0.5, 0.6) is 0 Å². The van der Waals surface area contributed by atoms with E-state index in [0.29, 0.717) is 26.8 Å². The summed E-state index contributed by atoms with van der Waals surface area (Å²) in [5, 5.41) is 4.67.